The molecule has 0 aliphatic heterocycles. The van der Waals surface area contributed by atoms with Gasteiger partial charge in [-0.1, -0.05) is 0 Å². The molecule has 0 aromatic carbocycles. The second kappa shape index (κ2) is 3.85. The predicted molar refractivity (Wildman–Crippen MR) is 30.2 cm³/mol. The van der Waals surface area contributed by atoms with Gasteiger partial charge in [0.1, 0.15) is 0 Å². The van der Waals surface area contributed by atoms with Crippen molar-refractivity contribution < 1.29 is 9.59 Å². The van der Waals surface area contributed by atoms with Crippen molar-refractivity contribution in [2.45, 2.75) is 0 Å². The molecule has 0 saturated carbocycles. The van der Waals surface area contributed by atoms with E-state index in [-0.39, 0.29) is 13.1 Å². The summed E-state index contributed by atoms with van der Waals surface area (Å²) in [5, 5.41) is 2.13. The first-order chi connectivity index (χ1) is 4.16. The second-order valence-electron chi connectivity index (χ2n) is 1.40. The summed E-state index contributed by atoms with van der Waals surface area (Å²) in [7, 11) is 0. The number of hydrogen-bond acceptors (Lipinski definition) is 3. The first-order valence-electron chi connectivity index (χ1n) is 2.38. The van der Waals surface area contributed by atoms with Gasteiger partial charge in [0.25, 0.3) is 5.91 Å². The average molecular weight is 130 g/mol. The van der Waals surface area contributed by atoms with Gasteiger partial charge in [-0.15, -0.1) is 0 Å². The number of carbonyl (C=O) groups is 2. The molecule has 9 heavy (non-hydrogen) atoms. The Morgan fingerprint density at radius 2 is 2.11 bits per heavy atom. The van der Waals surface area contributed by atoms with Gasteiger partial charge >= 0.3 is 0 Å². The molecule has 1 radical (unpaired) electrons. The van der Waals surface area contributed by atoms with E-state index in [9.17, 15) is 9.59 Å². The Morgan fingerprint density at radius 3 is 2.44 bits per heavy atom. The van der Waals surface area contributed by atoms with Crippen LogP contribution >= 0.6 is 0 Å². The molecule has 0 bridgehead atoms. The lowest BCUT2D eigenvalue weighted by Gasteiger charge is -1.96. The molecular weight excluding hydrogens is 122 g/mol. The highest BCUT2D eigenvalue weighted by molar-refractivity contribution is 5.84. The van der Waals surface area contributed by atoms with Gasteiger partial charge in [0.05, 0.1) is 13.1 Å². The molecule has 0 rings (SSSR count). The summed E-state index contributed by atoms with van der Waals surface area (Å²) in [6.07, 6.45) is 0. The van der Waals surface area contributed by atoms with Crippen LogP contribution in [0.5, 0.6) is 0 Å². The predicted octanol–water partition coefficient (Wildman–Crippen LogP) is -2.13. The van der Waals surface area contributed by atoms with Crippen molar-refractivity contribution in [1.29, 1.82) is 0 Å². The lowest BCUT2D eigenvalue weighted by molar-refractivity contribution is -0.124. The van der Waals surface area contributed by atoms with Gasteiger partial charge in [-0.2, -0.15) is 0 Å². The fourth-order valence-corrected chi connectivity index (χ4v) is 0.251. The van der Waals surface area contributed by atoms with Gasteiger partial charge in [-0.3, -0.25) is 15.3 Å². The SMILES string of the molecule is [NH]C(=O)CNC(=O)CN. The highest BCUT2D eigenvalue weighted by atomic mass is 16.2. The first kappa shape index (κ1) is 7.90. The molecule has 0 fully saturated rings. The van der Waals surface area contributed by atoms with Crippen LogP contribution in [-0.2, 0) is 9.59 Å². The normalized spacial score (nSPS) is 8.56. The zero-order valence-electron chi connectivity index (χ0n) is 4.81. The topological polar surface area (TPSA) is 96.0 Å². The van der Waals surface area contributed by atoms with Gasteiger partial charge in [0, 0.05) is 0 Å². The van der Waals surface area contributed by atoms with E-state index < -0.39 is 11.8 Å². The Labute approximate surface area is 52.4 Å². The van der Waals surface area contributed by atoms with Crippen molar-refractivity contribution in [3.63, 3.8) is 0 Å². The van der Waals surface area contributed by atoms with Gasteiger partial charge < -0.3 is 11.1 Å². The van der Waals surface area contributed by atoms with Crippen molar-refractivity contribution in [3.8, 4) is 0 Å². The number of hydrogen-bond donors (Lipinski definition) is 2. The van der Waals surface area contributed by atoms with Crippen LogP contribution in [0.3, 0.4) is 0 Å². The Hall–Kier alpha value is -1.10. The van der Waals surface area contributed by atoms with Gasteiger partial charge in [0.2, 0.25) is 5.91 Å². The summed E-state index contributed by atoms with van der Waals surface area (Å²) in [4.78, 5) is 20.1. The van der Waals surface area contributed by atoms with E-state index in [1.165, 1.54) is 0 Å². The minimum atomic E-state index is -0.822. The van der Waals surface area contributed by atoms with E-state index in [0.29, 0.717) is 0 Å². The summed E-state index contributed by atoms with van der Waals surface area (Å²) >= 11 is 0. The van der Waals surface area contributed by atoms with E-state index in [2.05, 4.69) is 5.32 Å². The van der Waals surface area contributed by atoms with E-state index >= 15 is 0 Å². The number of carbonyl (C=O) groups excluding carboxylic acids is 2. The molecule has 0 aliphatic rings. The highest BCUT2D eigenvalue weighted by Gasteiger charge is 1.97. The maximum Gasteiger partial charge on any atom is 0.257 e. The minimum Gasteiger partial charge on any atom is -0.346 e. The molecule has 5 heteroatoms. The zero-order valence-corrected chi connectivity index (χ0v) is 4.81. The van der Waals surface area contributed by atoms with Crippen molar-refractivity contribution in [2.75, 3.05) is 13.1 Å². The summed E-state index contributed by atoms with van der Waals surface area (Å²) in [5.74, 6) is -1.24. The third kappa shape index (κ3) is 4.76. The molecule has 0 unspecified atom stereocenters. The van der Waals surface area contributed by atoms with Gasteiger partial charge in [-0.05, 0) is 0 Å². The van der Waals surface area contributed by atoms with Crippen LogP contribution in [0.2, 0.25) is 0 Å². The quantitative estimate of drug-likeness (QED) is 0.456. The summed E-state index contributed by atoms with van der Waals surface area (Å²) in [6, 6.07) is 0. The fraction of sp³-hybridized carbons (Fsp3) is 0.500. The molecule has 0 aliphatic carbocycles. The first-order valence-corrected chi connectivity index (χ1v) is 2.38. The maximum atomic E-state index is 10.2. The summed E-state index contributed by atoms with van der Waals surface area (Å²) in [5.41, 5.74) is 11.2. The van der Waals surface area contributed by atoms with Crippen LogP contribution in [-0.4, -0.2) is 24.9 Å². The number of amides is 2. The molecular formula is C4H8N3O2. The minimum absolute atomic E-state index is 0.146. The van der Waals surface area contributed by atoms with Crippen LogP contribution in [0.1, 0.15) is 0 Å². The number of nitrogens with two attached hydrogens (primary N) is 1. The molecule has 0 spiro atoms. The van der Waals surface area contributed by atoms with Crippen molar-refractivity contribution in [3.05, 3.63) is 0 Å². The Kier molecular flexibility index (Phi) is 3.38. The average Bonchev–Trinajstić information content (AvgIpc) is 1.83. The monoisotopic (exact) mass is 130 g/mol. The van der Waals surface area contributed by atoms with E-state index in [0.717, 1.165) is 0 Å². The molecule has 0 saturated heterocycles. The molecule has 5 nitrogen and oxygen atoms in total. The zero-order chi connectivity index (χ0) is 7.28. The van der Waals surface area contributed by atoms with E-state index in [4.69, 9.17) is 11.5 Å². The van der Waals surface area contributed by atoms with Gasteiger partial charge in [0.15, 0.2) is 0 Å². The third-order valence-electron chi connectivity index (χ3n) is 0.632. The van der Waals surface area contributed by atoms with Crippen LogP contribution in [0.25, 0.3) is 0 Å². The number of rotatable bonds is 3. The van der Waals surface area contributed by atoms with Crippen molar-refractivity contribution >= 4 is 11.8 Å². The smallest absolute Gasteiger partial charge is 0.257 e. The van der Waals surface area contributed by atoms with Crippen LogP contribution < -0.4 is 16.8 Å². The molecule has 51 valence electrons. The van der Waals surface area contributed by atoms with E-state index in [1.54, 1.807) is 0 Å². The largest absolute Gasteiger partial charge is 0.346 e. The molecule has 0 atom stereocenters. The lowest BCUT2D eigenvalue weighted by Crippen LogP contribution is -2.34. The second-order valence-corrected chi connectivity index (χ2v) is 1.40. The number of nitrogens with one attached hydrogen (secondary N) is 2. The van der Waals surface area contributed by atoms with Gasteiger partial charge in [-0.25, -0.2) is 0 Å². The van der Waals surface area contributed by atoms with Crippen LogP contribution in [0, 0.1) is 0 Å². The van der Waals surface area contributed by atoms with Crippen molar-refractivity contribution in [2.24, 2.45) is 5.73 Å². The lowest BCUT2D eigenvalue weighted by atomic mass is 10.5. The molecule has 4 N–H and O–H groups in total. The molecule has 2 amide bonds. The van der Waals surface area contributed by atoms with Crippen molar-refractivity contribution in [1.82, 2.24) is 11.1 Å². The van der Waals surface area contributed by atoms with Crippen LogP contribution in [0.15, 0.2) is 0 Å². The third-order valence-corrected chi connectivity index (χ3v) is 0.632. The Balaban J connectivity index is 3.28. The molecule has 0 heterocycles. The summed E-state index contributed by atoms with van der Waals surface area (Å²) in [6.45, 7) is -0.399. The van der Waals surface area contributed by atoms with Crippen LogP contribution in [0.4, 0.5) is 0 Å². The van der Waals surface area contributed by atoms with E-state index in [1.807, 2.05) is 0 Å². The standard InChI is InChI=1S/C4H8N3O2/c5-1-4(9)7-2-3(6)8/h6H,1-2,5H2,(H,7,9). The molecule has 0 aromatic heterocycles. The summed E-state index contributed by atoms with van der Waals surface area (Å²) < 4.78 is 0. The molecule has 0 aromatic rings. The Bertz CT molecular complexity index is 123. The fourth-order valence-electron chi connectivity index (χ4n) is 0.251. The maximum absolute atomic E-state index is 10.2. The Morgan fingerprint density at radius 1 is 1.56 bits per heavy atom. The highest BCUT2D eigenvalue weighted by Crippen LogP contribution is 1.59.